The lowest BCUT2D eigenvalue weighted by Crippen LogP contribution is -2.10. The molecule has 45 heavy (non-hydrogen) atoms. The van der Waals surface area contributed by atoms with E-state index in [0.29, 0.717) is 16.8 Å². The van der Waals surface area contributed by atoms with Gasteiger partial charge in [0, 0.05) is 17.1 Å². The van der Waals surface area contributed by atoms with Crippen LogP contribution in [-0.4, -0.2) is 0 Å². The Bertz CT molecular complexity index is 2700. The molecule has 0 bridgehead atoms. The maximum absolute atomic E-state index is 9.65. The van der Waals surface area contributed by atoms with Gasteiger partial charge in [0.25, 0.3) is 0 Å². The molecule has 0 aliphatic heterocycles. The Labute approximate surface area is 275 Å². The van der Waals surface area contributed by atoms with Crippen LogP contribution in [0.25, 0.3) is 54.9 Å². The predicted molar refractivity (Wildman–Crippen MR) is 192 cm³/mol. The Balaban J connectivity index is 1.42. The second-order valence-electron chi connectivity index (χ2n) is 10.8. The average Bonchev–Trinajstić information content (AvgIpc) is 3.19. The van der Waals surface area contributed by atoms with E-state index in [1.54, 1.807) is 42.5 Å². The lowest BCUT2D eigenvalue weighted by atomic mass is 9.99. The lowest BCUT2D eigenvalue weighted by Gasteiger charge is -2.27. The molecule has 0 unspecified atom stereocenters. The summed E-state index contributed by atoms with van der Waals surface area (Å²) in [6, 6.07) is 40.7. The molecule has 8 rings (SSSR count). The first-order valence-electron chi connectivity index (χ1n) is 18.8. The summed E-state index contributed by atoms with van der Waals surface area (Å²) < 4.78 is 73.9. The number of anilines is 3. The summed E-state index contributed by atoms with van der Waals surface area (Å²) >= 11 is 0. The zero-order chi connectivity index (χ0) is 37.0. The second kappa shape index (κ2) is 11.6. The van der Waals surface area contributed by atoms with Crippen molar-refractivity contribution in [3.05, 3.63) is 188 Å². The largest absolute Gasteiger partial charge is 0.310 e. The van der Waals surface area contributed by atoms with Gasteiger partial charge in [-0.05, 0) is 103 Å². The number of fused-ring (bicyclic) bond motifs is 2. The molecule has 0 atom stereocenters. The minimum atomic E-state index is -0.440. The fraction of sp³-hybridized carbons (Fsp3) is 0. The van der Waals surface area contributed by atoms with Crippen molar-refractivity contribution in [1.29, 1.82) is 0 Å². The molecule has 1 heteroatoms. The molecule has 0 radical (unpaired) electrons. The van der Waals surface area contributed by atoms with E-state index in [-0.39, 0.29) is 58.8 Å². The Morgan fingerprint density at radius 1 is 0.333 bits per heavy atom. The summed E-state index contributed by atoms with van der Waals surface area (Å²) in [5.74, 6) is 0. The quantitative estimate of drug-likeness (QED) is 0.189. The smallest absolute Gasteiger partial charge is 0.0651 e. The molecular formula is C44H31N. The Hall–Kier alpha value is -5.92. The van der Waals surface area contributed by atoms with Crippen molar-refractivity contribution in [2.24, 2.45) is 0 Å². The monoisotopic (exact) mass is 581 g/mol. The van der Waals surface area contributed by atoms with Crippen LogP contribution >= 0.6 is 0 Å². The molecule has 8 aromatic rings. The van der Waals surface area contributed by atoms with Crippen molar-refractivity contribution < 1.29 is 11.0 Å². The van der Waals surface area contributed by atoms with Gasteiger partial charge in [-0.3, -0.25) is 0 Å². The van der Waals surface area contributed by atoms with Gasteiger partial charge in [-0.1, -0.05) is 139 Å². The zero-order valence-corrected chi connectivity index (χ0v) is 24.2. The fourth-order valence-electron chi connectivity index (χ4n) is 5.67. The summed E-state index contributed by atoms with van der Waals surface area (Å²) in [4.78, 5) is 1.40. The first kappa shape index (κ1) is 19.4. The van der Waals surface area contributed by atoms with Crippen LogP contribution in [0.5, 0.6) is 0 Å². The molecule has 1 nitrogen and oxygen atoms in total. The highest BCUT2D eigenvalue weighted by molar-refractivity contribution is 5.90. The molecule has 8 aromatic carbocycles. The van der Waals surface area contributed by atoms with Crippen LogP contribution in [0.4, 0.5) is 17.1 Å². The van der Waals surface area contributed by atoms with Crippen molar-refractivity contribution in [3.8, 4) is 33.4 Å². The maximum Gasteiger partial charge on any atom is 0.0651 e. The topological polar surface area (TPSA) is 3.24 Å². The van der Waals surface area contributed by atoms with Crippen LogP contribution in [-0.2, 0) is 0 Å². The number of benzene rings is 8. The Morgan fingerprint density at radius 3 is 1.60 bits per heavy atom. The SMILES string of the molecule is [2H]c1c([2H])c(-c2ccc3ccccc3c2)c([2H])c(N(c2cccc(-c3ccc4ccccc4c3)c2)c2c([2H])c([2H])c(-c3ccccc3)c([2H])c2[2H])c1[2H]. The minimum Gasteiger partial charge on any atom is -0.310 e. The number of nitrogens with zero attached hydrogens (tertiary/aromatic N) is 1. The van der Waals surface area contributed by atoms with Crippen molar-refractivity contribution >= 4 is 38.6 Å². The molecule has 0 aliphatic carbocycles. The highest BCUT2D eigenvalue weighted by Gasteiger charge is 2.15. The van der Waals surface area contributed by atoms with E-state index < -0.39 is 12.1 Å². The van der Waals surface area contributed by atoms with Crippen LogP contribution in [0.15, 0.2) is 188 Å². The summed E-state index contributed by atoms with van der Waals surface area (Å²) in [7, 11) is 0. The van der Waals surface area contributed by atoms with Crippen LogP contribution in [0.2, 0.25) is 0 Å². The van der Waals surface area contributed by atoms with Gasteiger partial charge < -0.3 is 4.90 Å². The summed E-state index contributed by atoms with van der Waals surface area (Å²) in [6.45, 7) is 0. The van der Waals surface area contributed by atoms with Gasteiger partial charge in [0.15, 0.2) is 0 Å². The van der Waals surface area contributed by atoms with Crippen LogP contribution in [0, 0.1) is 0 Å². The van der Waals surface area contributed by atoms with E-state index in [2.05, 4.69) is 6.07 Å². The van der Waals surface area contributed by atoms with E-state index in [1.165, 1.54) is 4.90 Å². The summed E-state index contributed by atoms with van der Waals surface area (Å²) in [5, 5.41) is 3.96. The normalized spacial score (nSPS) is 13.6. The van der Waals surface area contributed by atoms with Crippen molar-refractivity contribution in [3.63, 3.8) is 0 Å². The van der Waals surface area contributed by atoms with Gasteiger partial charge in [0.05, 0.1) is 11.0 Å². The lowest BCUT2D eigenvalue weighted by molar-refractivity contribution is 1.28. The molecular weight excluding hydrogens is 542 g/mol. The van der Waals surface area contributed by atoms with Crippen LogP contribution < -0.4 is 4.90 Å². The van der Waals surface area contributed by atoms with E-state index in [1.807, 2.05) is 91.0 Å². The molecule has 0 saturated carbocycles. The van der Waals surface area contributed by atoms with Gasteiger partial charge in [-0.25, -0.2) is 0 Å². The van der Waals surface area contributed by atoms with Crippen LogP contribution in [0.1, 0.15) is 11.0 Å². The third-order valence-corrected chi connectivity index (χ3v) is 7.96. The van der Waals surface area contributed by atoms with Crippen LogP contribution in [0.3, 0.4) is 0 Å². The van der Waals surface area contributed by atoms with Crippen molar-refractivity contribution in [2.75, 3.05) is 4.90 Å². The maximum atomic E-state index is 9.65. The third-order valence-electron chi connectivity index (χ3n) is 7.96. The molecule has 0 heterocycles. The van der Waals surface area contributed by atoms with Crippen molar-refractivity contribution in [2.45, 2.75) is 0 Å². The molecule has 0 saturated heterocycles. The zero-order valence-electron chi connectivity index (χ0n) is 32.2. The molecule has 0 N–H and O–H groups in total. The molecule has 0 amide bonds. The third kappa shape index (κ3) is 5.37. The fourth-order valence-corrected chi connectivity index (χ4v) is 5.67. The average molecular weight is 582 g/mol. The highest BCUT2D eigenvalue weighted by atomic mass is 15.1. The second-order valence-corrected chi connectivity index (χ2v) is 10.8. The minimum absolute atomic E-state index is 0.124. The number of hydrogen-bond donors (Lipinski definition) is 0. The van der Waals surface area contributed by atoms with Gasteiger partial charge >= 0.3 is 0 Å². The number of rotatable bonds is 6. The van der Waals surface area contributed by atoms with Gasteiger partial charge in [0.2, 0.25) is 0 Å². The summed E-state index contributed by atoms with van der Waals surface area (Å²) in [6.07, 6.45) is 0. The van der Waals surface area contributed by atoms with E-state index in [9.17, 15) is 5.48 Å². The Morgan fingerprint density at radius 2 is 0.911 bits per heavy atom. The molecule has 212 valence electrons. The standard InChI is InChI=1S/C44H31N/c1-2-10-32(11-3-1)35-24-26-42(27-25-35)45(43-18-8-16-38(30-43)40-22-20-33-12-4-6-14-36(33)28-40)44-19-9-17-39(31-44)41-23-21-34-13-5-7-15-37(34)29-41/h1-31H/i8D,16D,18D,24D,25D,26D,27D,30D. The van der Waals surface area contributed by atoms with E-state index in [0.717, 1.165) is 32.7 Å². The molecule has 0 aromatic heterocycles. The van der Waals surface area contributed by atoms with Gasteiger partial charge in [0.1, 0.15) is 0 Å². The molecule has 0 spiro atoms. The number of hydrogen-bond acceptors (Lipinski definition) is 1. The van der Waals surface area contributed by atoms with E-state index in [4.69, 9.17) is 5.48 Å². The van der Waals surface area contributed by atoms with Gasteiger partial charge in [-0.2, -0.15) is 0 Å². The van der Waals surface area contributed by atoms with Crippen molar-refractivity contribution in [1.82, 2.24) is 0 Å². The highest BCUT2D eigenvalue weighted by Crippen LogP contribution is 2.39. The predicted octanol–water partition coefficient (Wildman–Crippen LogP) is 12.5. The van der Waals surface area contributed by atoms with Gasteiger partial charge in [-0.15, -0.1) is 0 Å². The molecule has 0 fully saturated rings. The molecule has 0 aliphatic rings. The Kier molecular flexibility index (Phi) is 5.01. The first-order valence-corrected chi connectivity index (χ1v) is 14.8. The van der Waals surface area contributed by atoms with E-state index >= 15 is 0 Å². The summed E-state index contributed by atoms with van der Waals surface area (Å²) in [5.41, 5.74) is 3.03. The first-order chi connectivity index (χ1) is 25.6.